The zero-order valence-electron chi connectivity index (χ0n) is 10.0. The largest absolute Gasteiger partial charge is 0.373 e. The van der Waals surface area contributed by atoms with Crippen molar-refractivity contribution in [2.75, 3.05) is 26.2 Å². The highest BCUT2D eigenvalue weighted by Crippen LogP contribution is 2.17. The first-order chi connectivity index (χ1) is 7.25. The lowest BCUT2D eigenvalue weighted by molar-refractivity contribution is -0.0804. The highest BCUT2D eigenvalue weighted by molar-refractivity contribution is 4.82. The molecule has 2 fully saturated rings. The van der Waals surface area contributed by atoms with Crippen molar-refractivity contribution in [1.82, 2.24) is 10.2 Å². The molecule has 0 amide bonds. The molecule has 2 rings (SSSR count). The summed E-state index contributed by atoms with van der Waals surface area (Å²) < 4.78 is 5.78. The molecule has 3 nitrogen and oxygen atoms in total. The maximum Gasteiger partial charge on any atom is 0.0678 e. The number of nitrogens with one attached hydrogen (secondary N) is 1. The third-order valence-corrected chi connectivity index (χ3v) is 3.49. The minimum Gasteiger partial charge on any atom is -0.373 e. The van der Waals surface area contributed by atoms with E-state index in [1.54, 1.807) is 0 Å². The Kier molecular flexibility index (Phi) is 4.00. The van der Waals surface area contributed by atoms with Gasteiger partial charge in [-0.2, -0.15) is 0 Å². The molecule has 3 atom stereocenters. The van der Waals surface area contributed by atoms with Crippen LogP contribution in [0.5, 0.6) is 0 Å². The van der Waals surface area contributed by atoms with Crippen LogP contribution in [0.15, 0.2) is 0 Å². The average Bonchev–Trinajstić information content (AvgIpc) is 2.43. The molecular weight excluding hydrogens is 188 g/mol. The molecule has 15 heavy (non-hydrogen) atoms. The van der Waals surface area contributed by atoms with Gasteiger partial charge in [-0.15, -0.1) is 0 Å². The normalized spacial score (nSPS) is 40.0. The minimum atomic E-state index is 0.400. The van der Waals surface area contributed by atoms with E-state index in [2.05, 4.69) is 24.1 Å². The molecule has 0 saturated carbocycles. The van der Waals surface area contributed by atoms with Crippen LogP contribution in [-0.4, -0.2) is 49.3 Å². The van der Waals surface area contributed by atoms with Crippen molar-refractivity contribution in [1.29, 1.82) is 0 Å². The number of morpholine rings is 1. The Morgan fingerprint density at radius 2 is 1.87 bits per heavy atom. The fourth-order valence-electron chi connectivity index (χ4n) is 2.83. The Morgan fingerprint density at radius 3 is 2.60 bits per heavy atom. The predicted octanol–water partition coefficient (Wildman–Crippen LogP) is 1.24. The molecule has 1 unspecified atom stereocenters. The second-order valence-corrected chi connectivity index (χ2v) is 5.06. The van der Waals surface area contributed by atoms with Crippen molar-refractivity contribution < 1.29 is 4.74 Å². The van der Waals surface area contributed by atoms with Gasteiger partial charge in [0.25, 0.3) is 0 Å². The Bertz CT molecular complexity index is 180. The van der Waals surface area contributed by atoms with Crippen molar-refractivity contribution in [3.05, 3.63) is 0 Å². The van der Waals surface area contributed by atoms with Crippen LogP contribution in [0.2, 0.25) is 0 Å². The minimum absolute atomic E-state index is 0.400. The fraction of sp³-hybridized carbons (Fsp3) is 1.00. The van der Waals surface area contributed by atoms with Crippen LogP contribution in [0.3, 0.4) is 0 Å². The summed E-state index contributed by atoms with van der Waals surface area (Å²) in [5.74, 6) is 0. The van der Waals surface area contributed by atoms with Crippen LogP contribution >= 0.6 is 0 Å². The van der Waals surface area contributed by atoms with Crippen LogP contribution < -0.4 is 5.32 Å². The Morgan fingerprint density at radius 1 is 1.13 bits per heavy atom. The first kappa shape index (κ1) is 11.4. The summed E-state index contributed by atoms with van der Waals surface area (Å²) >= 11 is 0. The third-order valence-electron chi connectivity index (χ3n) is 3.49. The summed E-state index contributed by atoms with van der Waals surface area (Å²) in [7, 11) is 0. The van der Waals surface area contributed by atoms with Gasteiger partial charge in [0.1, 0.15) is 0 Å². The highest BCUT2D eigenvalue weighted by Gasteiger charge is 2.27. The van der Waals surface area contributed by atoms with Gasteiger partial charge in [0.2, 0.25) is 0 Å². The van der Waals surface area contributed by atoms with Crippen molar-refractivity contribution in [3.63, 3.8) is 0 Å². The molecular formula is C12H24N2O. The van der Waals surface area contributed by atoms with Gasteiger partial charge in [-0.25, -0.2) is 0 Å². The van der Waals surface area contributed by atoms with Crippen LogP contribution in [0.4, 0.5) is 0 Å². The van der Waals surface area contributed by atoms with Gasteiger partial charge in [-0.05, 0) is 33.2 Å². The summed E-state index contributed by atoms with van der Waals surface area (Å²) in [4.78, 5) is 2.62. The zero-order valence-corrected chi connectivity index (χ0v) is 10.0. The van der Waals surface area contributed by atoms with E-state index in [9.17, 15) is 0 Å². The Hall–Kier alpha value is -0.120. The van der Waals surface area contributed by atoms with Gasteiger partial charge in [-0.1, -0.05) is 6.42 Å². The zero-order chi connectivity index (χ0) is 10.7. The highest BCUT2D eigenvalue weighted by atomic mass is 16.5. The lowest BCUT2D eigenvalue weighted by Crippen LogP contribution is -2.52. The van der Waals surface area contributed by atoms with Gasteiger partial charge in [0.15, 0.2) is 0 Å². The molecule has 0 aromatic carbocycles. The summed E-state index contributed by atoms with van der Waals surface area (Å²) in [6.07, 6.45) is 4.87. The third kappa shape index (κ3) is 3.16. The van der Waals surface area contributed by atoms with Gasteiger partial charge >= 0.3 is 0 Å². The summed E-state index contributed by atoms with van der Waals surface area (Å²) in [5.41, 5.74) is 0. The second-order valence-electron chi connectivity index (χ2n) is 5.06. The Balaban J connectivity index is 1.89. The van der Waals surface area contributed by atoms with Gasteiger partial charge in [0.05, 0.1) is 12.2 Å². The maximum absolute atomic E-state index is 5.78. The van der Waals surface area contributed by atoms with E-state index in [1.807, 2.05) is 0 Å². The maximum atomic E-state index is 5.78. The van der Waals surface area contributed by atoms with Crippen LogP contribution in [-0.2, 0) is 4.74 Å². The number of nitrogens with zero attached hydrogens (tertiary/aromatic N) is 1. The lowest BCUT2D eigenvalue weighted by Gasteiger charge is -2.40. The molecule has 2 heterocycles. The quantitative estimate of drug-likeness (QED) is 0.708. The van der Waals surface area contributed by atoms with Gasteiger partial charge in [0, 0.05) is 25.7 Å². The molecule has 2 aliphatic rings. The standard InChI is InChI=1S/C12H24N2O/c1-10-8-14(9-11(2)15-10)12-5-3-4-6-13-7-12/h10-13H,3-9H2,1-2H3/t10-,11+,12?. The van der Waals surface area contributed by atoms with Crippen LogP contribution in [0, 0.1) is 0 Å². The van der Waals surface area contributed by atoms with E-state index in [1.165, 1.54) is 32.4 Å². The number of hydrogen-bond acceptors (Lipinski definition) is 3. The number of hydrogen-bond donors (Lipinski definition) is 1. The Labute approximate surface area is 93.2 Å². The van der Waals surface area contributed by atoms with E-state index in [0.29, 0.717) is 12.2 Å². The molecule has 2 aliphatic heterocycles. The van der Waals surface area contributed by atoms with Gasteiger partial charge < -0.3 is 10.1 Å². The first-order valence-electron chi connectivity index (χ1n) is 6.36. The molecule has 88 valence electrons. The van der Waals surface area contributed by atoms with Crippen molar-refractivity contribution in [3.8, 4) is 0 Å². The number of rotatable bonds is 1. The predicted molar refractivity (Wildman–Crippen MR) is 62.1 cm³/mol. The molecule has 0 aromatic heterocycles. The monoisotopic (exact) mass is 212 g/mol. The molecule has 1 N–H and O–H groups in total. The SMILES string of the molecule is C[C@@H]1CN(C2CCCCNC2)C[C@H](C)O1. The van der Waals surface area contributed by atoms with E-state index >= 15 is 0 Å². The summed E-state index contributed by atoms with van der Waals surface area (Å²) in [6.45, 7) is 8.96. The van der Waals surface area contributed by atoms with E-state index in [-0.39, 0.29) is 0 Å². The van der Waals surface area contributed by atoms with Crippen molar-refractivity contribution in [2.24, 2.45) is 0 Å². The van der Waals surface area contributed by atoms with Crippen LogP contribution in [0.1, 0.15) is 33.1 Å². The van der Waals surface area contributed by atoms with E-state index in [4.69, 9.17) is 4.74 Å². The van der Waals surface area contributed by atoms with Crippen molar-refractivity contribution in [2.45, 2.75) is 51.4 Å². The second kappa shape index (κ2) is 5.28. The smallest absolute Gasteiger partial charge is 0.0678 e. The summed E-state index contributed by atoms with van der Waals surface area (Å²) in [5, 5.41) is 3.54. The number of ether oxygens (including phenoxy) is 1. The fourth-order valence-corrected chi connectivity index (χ4v) is 2.83. The lowest BCUT2D eigenvalue weighted by atomic mass is 10.1. The molecule has 2 saturated heterocycles. The van der Waals surface area contributed by atoms with Crippen LogP contribution in [0.25, 0.3) is 0 Å². The molecule has 0 radical (unpaired) electrons. The molecule has 0 aliphatic carbocycles. The van der Waals surface area contributed by atoms with E-state index in [0.717, 1.165) is 19.1 Å². The topological polar surface area (TPSA) is 24.5 Å². The molecule has 0 bridgehead atoms. The average molecular weight is 212 g/mol. The molecule has 0 spiro atoms. The summed E-state index contributed by atoms with van der Waals surface area (Å²) in [6, 6.07) is 0.737. The van der Waals surface area contributed by atoms with Gasteiger partial charge in [-0.3, -0.25) is 4.90 Å². The first-order valence-corrected chi connectivity index (χ1v) is 6.36. The van der Waals surface area contributed by atoms with E-state index < -0.39 is 0 Å². The van der Waals surface area contributed by atoms with Crippen molar-refractivity contribution >= 4 is 0 Å². The molecule has 3 heteroatoms. The molecule has 0 aromatic rings.